The van der Waals surface area contributed by atoms with Crippen molar-refractivity contribution < 1.29 is 9.90 Å². The van der Waals surface area contributed by atoms with E-state index in [4.69, 9.17) is 10.8 Å². The Morgan fingerprint density at radius 3 is 2.90 bits per heavy atom. The van der Waals surface area contributed by atoms with Crippen LogP contribution >= 0.6 is 0 Å². The largest absolute Gasteiger partial charge is 0.507 e. The highest BCUT2D eigenvalue weighted by Crippen LogP contribution is 2.06. The van der Waals surface area contributed by atoms with E-state index in [0.29, 0.717) is 6.54 Å². The van der Waals surface area contributed by atoms with Crippen molar-refractivity contribution in [1.29, 1.82) is 0 Å². The first-order valence-corrected chi connectivity index (χ1v) is 2.84. The molecule has 0 atom stereocenters. The second kappa shape index (κ2) is 2.43. The highest BCUT2D eigenvalue weighted by atomic mass is 16.3. The number of amides is 1. The highest BCUT2D eigenvalue weighted by molar-refractivity contribution is 5.95. The molecular weight excluding hydrogens is 132 g/mol. The maximum atomic E-state index is 10.5. The van der Waals surface area contributed by atoms with Gasteiger partial charge in [-0.15, -0.1) is 0 Å². The normalized spacial score (nSPS) is 16.8. The van der Waals surface area contributed by atoms with Crippen molar-refractivity contribution in [3.05, 3.63) is 23.6 Å². The van der Waals surface area contributed by atoms with Gasteiger partial charge in [-0.1, -0.05) is 0 Å². The van der Waals surface area contributed by atoms with E-state index in [0.717, 1.165) is 0 Å². The second-order valence-electron chi connectivity index (χ2n) is 1.92. The Balaban J connectivity index is 2.84. The standard InChI is InChI=1S/C6H8N2O2/c7-6(10)4-3-8-2-1-5(4)9/h1,3,8-9H,2H2,(H2,7,10). The molecule has 0 spiro atoms. The lowest BCUT2D eigenvalue weighted by Gasteiger charge is -2.08. The number of carbonyl (C=O) groups excluding carboxylic acids is 1. The molecular formula is C6H8N2O2. The Bertz CT molecular complexity index is 218. The van der Waals surface area contributed by atoms with Crippen LogP contribution in [0.1, 0.15) is 0 Å². The van der Waals surface area contributed by atoms with E-state index < -0.39 is 5.91 Å². The van der Waals surface area contributed by atoms with Gasteiger partial charge in [0, 0.05) is 12.7 Å². The number of rotatable bonds is 1. The zero-order valence-electron chi connectivity index (χ0n) is 5.29. The van der Waals surface area contributed by atoms with Crippen LogP contribution in [0.25, 0.3) is 0 Å². The molecule has 1 aliphatic rings. The Labute approximate surface area is 58.0 Å². The van der Waals surface area contributed by atoms with E-state index in [9.17, 15) is 4.79 Å². The lowest BCUT2D eigenvalue weighted by molar-refractivity contribution is -0.114. The summed E-state index contributed by atoms with van der Waals surface area (Å²) >= 11 is 0. The van der Waals surface area contributed by atoms with Crippen molar-refractivity contribution in [1.82, 2.24) is 5.32 Å². The van der Waals surface area contributed by atoms with Gasteiger partial charge in [-0.05, 0) is 6.08 Å². The number of aliphatic hydroxyl groups is 1. The van der Waals surface area contributed by atoms with Gasteiger partial charge in [-0.25, -0.2) is 0 Å². The van der Waals surface area contributed by atoms with Crippen LogP contribution in [0.2, 0.25) is 0 Å². The molecule has 4 heteroatoms. The predicted octanol–water partition coefficient (Wildman–Crippen LogP) is -0.599. The molecule has 0 saturated heterocycles. The van der Waals surface area contributed by atoms with Crippen LogP contribution in [0.15, 0.2) is 23.6 Å². The van der Waals surface area contributed by atoms with Gasteiger partial charge in [0.1, 0.15) is 5.76 Å². The highest BCUT2D eigenvalue weighted by Gasteiger charge is 2.11. The molecule has 4 N–H and O–H groups in total. The summed E-state index contributed by atoms with van der Waals surface area (Å²) in [5.74, 6) is -0.674. The van der Waals surface area contributed by atoms with Crippen LogP contribution < -0.4 is 11.1 Å². The number of carbonyl (C=O) groups is 1. The third kappa shape index (κ3) is 1.10. The molecule has 1 amide bonds. The van der Waals surface area contributed by atoms with Crippen LogP contribution in [0, 0.1) is 0 Å². The predicted molar refractivity (Wildman–Crippen MR) is 36.0 cm³/mol. The number of dihydropyridines is 1. The molecule has 0 aromatic heterocycles. The lowest BCUT2D eigenvalue weighted by atomic mass is 10.2. The van der Waals surface area contributed by atoms with E-state index in [1.807, 2.05) is 0 Å². The summed E-state index contributed by atoms with van der Waals surface area (Å²) in [6.45, 7) is 0.530. The number of hydrogen-bond acceptors (Lipinski definition) is 3. The monoisotopic (exact) mass is 140 g/mol. The first-order valence-electron chi connectivity index (χ1n) is 2.84. The lowest BCUT2D eigenvalue weighted by Crippen LogP contribution is -2.22. The fourth-order valence-corrected chi connectivity index (χ4v) is 0.698. The Hall–Kier alpha value is -1.45. The fraction of sp³-hybridized carbons (Fsp3) is 0.167. The molecule has 10 heavy (non-hydrogen) atoms. The Kier molecular flexibility index (Phi) is 1.62. The topological polar surface area (TPSA) is 75.4 Å². The third-order valence-corrected chi connectivity index (χ3v) is 1.20. The van der Waals surface area contributed by atoms with Crippen molar-refractivity contribution in [2.45, 2.75) is 0 Å². The maximum Gasteiger partial charge on any atom is 0.253 e. The average Bonchev–Trinajstić information content (AvgIpc) is 1.88. The van der Waals surface area contributed by atoms with Crippen LogP contribution in [0.4, 0.5) is 0 Å². The van der Waals surface area contributed by atoms with Gasteiger partial charge in [0.05, 0.1) is 5.57 Å². The summed E-state index contributed by atoms with van der Waals surface area (Å²) in [4.78, 5) is 10.5. The van der Waals surface area contributed by atoms with Crippen molar-refractivity contribution >= 4 is 5.91 Å². The molecule has 0 saturated carbocycles. The van der Waals surface area contributed by atoms with Crippen molar-refractivity contribution in [2.75, 3.05) is 6.54 Å². The molecule has 0 fully saturated rings. The average molecular weight is 140 g/mol. The first kappa shape index (κ1) is 6.67. The molecule has 1 heterocycles. The summed E-state index contributed by atoms with van der Waals surface area (Å²) in [5.41, 5.74) is 5.04. The van der Waals surface area contributed by atoms with Gasteiger partial charge in [0.25, 0.3) is 5.91 Å². The van der Waals surface area contributed by atoms with Gasteiger partial charge < -0.3 is 16.2 Å². The van der Waals surface area contributed by atoms with Gasteiger partial charge >= 0.3 is 0 Å². The van der Waals surface area contributed by atoms with Gasteiger partial charge in [0.2, 0.25) is 0 Å². The molecule has 1 rings (SSSR count). The van der Waals surface area contributed by atoms with Gasteiger partial charge in [-0.2, -0.15) is 0 Å². The van der Waals surface area contributed by atoms with E-state index in [1.54, 1.807) is 0 Å². The summed E-state index contributed by atoms with van der Waals surface area (Å²) in [6, 6.07) is 0. The number of primary amides is 1. The molecule has 0 aromatic rings. The van der Waals surface area contributed by atoms with Gasteiger partial charge in [-0.3, -0.25) is 4.79 Å². The first-order chi connectivity index (χ1) is 4.72. The molecule has 4 nitrogen and oxygen atoms in total. The zero-order valence-corrected chi connectivity index (χ0v) is 5.29. The van der Waals surface area contributed by atoms with E-state index in [2.05, 4.69) is 5.32 Å². The molecule has 1 aliphatic heterocycles. The molecule has 54 valence electrons. The minimum absolute atomic E-state index is 0.0498. The van der Waals surface area contributed by atoms with E-state index in [1.165, 1.54) is 12.3 Å². The smallest absolute Gasteiger partial charge is 0.253 e. The molecule has 0 bridgehead atoms. The van der Waals surface area contributed by atoms with Crippen molar-refractivity contribution in [2.24, 2.45) is 5.73 Å². The Morgan fingerprint density at radius 2 is 2.50 bits per heavy atom. The number of aliphatic hydroxyl groups excluding tert-OH is 1. The third-order valence-electron chi connectivity index (χ3n) is 1.20. The summed E-state index contributed by atoms with van der Waals surface area (Å²) < 4.78 is 0. The van der Waals surface area contributed by atoms with Crippen LogP contribution in [-0.4, -0.2) is 17.6 Å². The van der Waals surface area contributed by atoms with Crippen molar-refractivity contribution in [3.8, 4) is 0 Å². The molecule has 0 aromatic carbocycles. The number of nitrogens with one attached hydrogen (secondary N) is 1. The van der Waals surface area contributed by atoms with Crippen LogP contribution in [-0.2, 0) is 4.79 Å². The van der Waals surface area contributed by atoms with Crippen molar-refractivity contribution in [3.63, 3.8) is 0 Å². The summed E-state index contributed by atoms with van der Waals surface area (Å²) in [5, 5.41) is 11.7. The second-order valence-corrected chi connectivity index (χ2v) is 1.92. The van der Waals surface area contributed by atoms with E-state index in [-0.39, 0.29) is 11.3 Å². The summed E-state index contributed by atoms with van der Waals surface area (Å²) in [7, 11) is 0. The number of hydrogen-bond donors (Lipinski definition) is 3. The van der Waals surface area contributed by atoms with Crippen LogP contribution in [0.3, 0.4) is 0 Å². The minimum atomic E-state index is -0.624. The fourth-order valence-electron chi connectivity index (χ4n) is 0.698. The summed E-state index contributed by atoms with van der Waals surface area (Å²) in [6.07, 6.45) is 2.89. The van der Waals surface area contributed by atoms with Gasteiger partial charge in [0.15, 0.2) is 0 Å². The van der Waals surface area contributed by atoms with E-state index >= 15 is 0 Å². The minimum Gasteiger partial charge on any atom is -0.507 e. The molecule has 0 radical (unpaired) electrons. The molecule has 0 aliphatic carbocycles. The Morgan fingerprint density at radius 1 is 1.80 bits per heavy atom. The zero-order chi connectivity index (χ0) is 7.56. The maximum absolute atomic E-state index is 10.5. The quantitative estimate of drug-likeness (QED) is 0.455. The van der Waals surface area contributed by atoms with Crippen LogP contribution in [0.5, 0.6) is 0 Å². The molecule has 0 unspecified atom stereocenters. The SMILES string of the molecule is NC(=O)C1=CNCC=C1O. The number of nitrogens with two attached hydrogens (primary N) is 1.